The molecule has 0 aliphatic carbocycles. The van der Waals surface area contributed by atoms with Crippen LogP contribution in [0.3, 0.4) is 0 Å². The first-order valence-corrected chi connectivity index (χ1v) is 3.80. The van der Waals surface area contributed by atoms with Crippen LogP contribution in [0.2, 0.25) is 0 Å². The standard InChI is InChI=1S/C5H10N2S/c1-2-4-7-6-3-5-8-7/h3H,2,4-5H2,1H3. The lowest BCUT2D eigenvalue weighted by molar-refractivity contribution is 0.509. The van der Waals surface area contributed by atoms with Crippen molar-refractivity contribution in [3.8, 4) is 0 Å². The van der Waals surface area contributed by atoms with Crippen molar-refractivity contribution in [2.24, 2.45) is 5.10 Å². The molecule has 0 unspecified atom stereocenters. The molecule has 0 N–H and O–H groups in total. The minimum atomic E-state index is 1.06. The second-order valence-electron chi connectivity index (χ2n) is 1.67. The van der Waals surface area contributed by atoms with Crippen molar-refractivity contribution in [2.45, 2.75) is 13.3 Å². The van der Waals surface area contributed by atoms with Gasteiger partial charge in [0.2, 0.25) is 0 Å². The van der Waals surface area contributed by atoms with Crippen molar-refractivity contribution in [2.75, 3.05) is 12.3 Å². The number of hydrogen-bond acceptors (Lipinski definition) is 3. The van der Waals surface area contributed by atoms with Crippen molar-refractivity contribution >= 4 is 18.2 Å². The van der Waals surface area contributed by atoms with Gasteiger partial charge in [0.1, 0.15) is 0 Å². The zero-order valence-electron chi connectivity index (χ0n) is 5.00. The van der Waals surface area contributed by atoms with Crippen LogP contribution in [-0.4, -0.2) is 22.9 Å². The first-order valence-electron chi connectivity index (χ1n) is 2.86. The lowest BCUT2D eigenvalue weighted by atomic mass is 10.5. The summed E-state index contributed by atoms with van der Waals surface area (Å²) >= 11 is 1.78. The van der Waals surface area contributed by atoms with E-state index in [1.807, 2.05) is 10.6 Å². The largest absolute Gasteiger partial charge is 0.239 e. The normalized spacial score (nSPS) is 17.9. The summed E-state index contributed by atoms with van der Waals surface area (Å²) in [7, 11) is 0. The fourth-order valence-corrected chi connectivity index (χ4v) is 1.34. The van der Waals surface area contributed by atoms with Crippen molar-refractivity contribution in [1.29, 1.82) is 0 Å². The average Bonchev–Trinajstić information content (AvgIpc) is 2.19. The van der Waals surface area contributed by atoms with Gasteiger partial charge >= 0.3 is 0 Å². The van der Waals surface area contributed by atoms with E-state index in [0.717, 1.165) is 12.3 Å². The fourth-order valence-electron chi connectivity index (χ4n) is 0.591. The third-order valence-corrected chi connectivity index (χ3v) is 1.80. The lowest BCUT2D eigenvalue weighted by Gasteiger charge is -2.08. The van der Waals surface area contributed by atoms with E-state index in [-0.39, 0.29) is 0 Å². The summed E-state index contributed by atoms with van der Waals surface area (Å²) < 4.78 is 2.03. The van der Waals surface area contributed by atoms with Crippen LogP contribution in [0.5, 0.6) is 0 Å². The summed E-state index contributed by atoms with van der Waals surface area (Å²) in [4.78, 5) is 0. The van der Waals surface area contributed by atoms with E-state index in [1.54, 1.807) is 11.9 Å². The maximum Gasteiger partial charge on any atom is 0.0522 e. The lowest BCUT2D eigenvalue weighted by Crippen LogP contribution is -2.04. The fraction of sp³-hybridized carbons (Fsp3) is 0.800. The Morgan fingerprint density at radius 1 is 1.88 bits per heavy atom. The second kappa shape index (κ2) is 2.97. The van der Waals surface area contributed by atoms with E-state index in [9.17, 15) is 0 Å². The molecule has 0 aromatic heterocycles. The summed E-state index contributed by atoms with van der Waals surface area (Å²) in [5.74, 6) is 1.06. The van der Waals surface area contributed by atoms with Gasteiger partial charge in [-0.05, 0) is 18.4 Å². The van der Waals surface area contributed by atoms with Gasteiger partial charge in [0, 0.05) is 12.8 Å². The molecule has 3 heteroatoms. The molecular weight excluding hydrogens is 120 g/mol. The molecule has 0 atom stereocenters. The van der Waals surface area contributed by atoms with Crippen molar-refractivity contribution in [1.82, 2.24) is 4.41 Å². The van der Waals surface area contributed by atoms with Gasteiger partial charge in [-0.15, -0.1) is 0 Å². The molecule has 0 spiro atoms. The molecule has 0 radical (unpaired) electrons. The first kappa shape index (κ1) is 5.95. The van der Waals surface area contributed by atoms with Gasteiger partial charge in [0.05, 0.1) is 5.75 Å². The van der Waals surface area contributed by atoms with Gasteiger partial charge in [0.25, 0.3) is 0 Å². The Morgan fingerprint density at radius 2 is 2.75 bits per heavy atom. The highest BCUT2D eigenvalue weighted by Crippen LogP contribution is 2.13. The highest BCUT2D eigenvalue weighted by atomic mass is 32.2. The van der Waals surface area contributed by atoms with Gasteiger partial charge in [-0.1, -0.05) is 6.92 Å². The summed E-state index contributed by atoms with van der Waals surface area (Å²) in [6.07, 6.45) is 3.13. The molecule has 0 amide bonds. The van der Waals surface area contributed by atoms with Gasteiger partial charge in [-0.3, -0.25) is 0 Å². The Balaban J connectivity index is 2.16. The van der Waals surface area contributed by atoms with Crippen LogP contribution in [0.15, 0.2) is 5.10 Å². The Hall–Kier alpha value is -0.180. The van der Waals surface area contributed by atoms with E-state index >= 15 is 0 Å². The molecule has 1 aliphatic heterocycles. The van der Waals surface area contributed by atoms with Crippen molar-refractivity contribution < 1.29 is 0 Å². The molecule has 0 bridgehead atoms. The number of rotatable bonds is 2. The van der Waals surface area contributed by atoms with E-state index in [1.165, 1.54) is 6.42 Å². The number of hydrazone groups is 1. The zero-order chi connectivity index (χ0) is 5.82. The average molecular weight is 130 g/mol. The topological polar surface area (TPSA) is 15.6 Å². The maximum absolute atomic E-state index is 4.10. The van der Waals surface area contributed by atoms with E-state index in [2.05, 4.69) is 12.0 Å². The SMILES string of the molecule is CCCN1N=CCS1. The molecule has 0 saturated heterocycles. The smallest absolute Gasteiger partial charge is 0.0522 e. The third-order valence-electron chi connectivity index (χ3n) is 0.923. The van der Waals surface area contributed by atoms with Gasteiger partial charge < -0.3 is 0 Å². The van der Waals surface area contributed by atoms with Crippen molar-refractivity contribution in [3.05, 3.63) is 0 Å². The monoisotopic (exact) mass is 130 g/mol. The summed E-state index contributed by atoms with van der Waals surface area (Å²) in [5, 5.41) is 4.10. The molecule has 0 saturated carbocycles. The third kappa shape index (κ3) is 1.40. The second-order valence-corrected chi connectivity index (χ2v) is 2.68. The van der Waals surface area contributed by atoms with Crippen LogP contribution in [-0.2, 0) is 0 Å². The molecule has 0 fully saturated rings. The number of nitrogens with zero attached hydrogens (tertiary/aromatic N) is 2. The minimum Gasteiger partial charge on any atom is -0.239 e. The molecular formula is C5H10N2S. The Bertz CT molecular complexity index is 92.4. The van der Waals surface area contributed by atoms with Gasteiger partial charge in [-0.2, -0.15) is 5.10 Å². The molecule has 1 aliphatic rings. The molecule has 0 aromatic rings. The number of hydrogen-bond donors (Lipinski definition) is 0. The quantitative estimate of drug-likeness (QED) is 0.524. The van der Waals surface area contributed by atoms with Crippen LogP contribution in [0.1, 0.15) is 13.3 Å². The predicted octanol–water partition coefficient (Wildman–Crippen LogP) is 1.35. The van der Waals surface area contributed by atoms with E-state index in [4.69, 9.17) is 0 Å². The van der Waals surface area contributed by atoms with Crippen LogP contribution >= 0.6 is 11.9 Å². The predicted molar refractivity (Wildman–Crippen MR) is 37.9 cm³/mol. The zero-order valence-corrected chi connectivity index (χ0v) is 5.82. The Kier molecular flexibility index (Phi) is 2.21. The highest BCUT2D eigenvalue weighted by Gasteiger charge is 2.02. The first-order chi connectivity index (χ1) is 3.93. The molecule has 1 rings (SSSR count). The van der Waals surface area contributed by atoms with E-state index < -0.39 is 0 Å². The summed E-state index contributed by atoms with van der Waals surface area (Å²) in [5.41, 5.74) is 0. The Morgan fingerprint density at radius 3 is 3.25 bits per heavy atom. The van der Waals surface area contributed by atoms with Gasteiger partial charge in [0.15, 0.2) is 0 Å². The van der Waals surface area contributed by atoms with E-state index in [0.29, 0.717) is 0 Å². The van der Waals surface area contributed by atoms with Crippen LogP contribution in [0.25, 0.3) is 0 Å². The van der Waals surface area contributed by atoms with Crippen LogP contribution < -0.4 is 0 Å². The van der Waals surface area contributed by atoms with Gasteiger partial charge in [-0.25, -0.2) is 4.41 Å². The molecule has 46 valence electrons. The van der Waals surface area contributed by atoms with Crippen LogP contribution in [0, 0.1) is 0 Å². The minimum absolute atomic E-state index is 1.06. The molecule has 2 nitrogen and oxygen atoms in total. The molecule has 8 heavy (non-hydrogen) atoms. The highest BCUT2D eigenvalue weighted by molar-refractivity contribution is 7.97. The summed E-state index contributed by atoms with van der Waals surface area (Å²) in [6, 6.07) is 0. The molecule has 1 heterocycles. The summed E-state index contributed by atoms with van der Waals surface area (Å²) in [6.45, 7) is 3.25. The Labute approximate surface area is 54.1 Å². The molecule has 0 aromatic carbocycles. The van der Waals surface area contributed by atoms with Crippen molar-refractivity contribution in [3.63, 3.8) is 0 Å². The van der Waals surface area contributed by atoms with Crippen LogP contribution in [0.4, 0.5) is 0 Å². The maximum atomic E-state index is 4.10.